The van der Waals surface area contributed by atoms with Crippen LogP contribution >= 0.6 is 11.6 Å². The quantitative estimate of drug-likeness (QED) is 0.928. The number of anilines is 2. The predicted molar refractivity (Wildman–Crippen MR) is 79.1 cm³/mol. The molecule has 0 atom stereocenters. The van der Waals surface area contributed by atoms with E-state index in [1.807, 2.05) is 18.0 Å². The Hall–Kier alpha value is -1.58. The van der Waals surface area contributed by atoms with Crippen molar-refractivity contribution in [3.8, 4) is 0 Å². The van der Waals surface area contributed by atoms with E-state index < -0.39 is 0 Å². The monoisotopic (exact) mass is 276 g/mol. The third kappa shape index (κ3) is 3.06. The number of aliphatic hydroxyl groups excluding tert-OH is 1. The highest BCUT2D eigenvalue weighted by Crippen LogP contribution is 2.25. The van der Waals surface area contributed by atoms with Crippen LogP contribution in [0.2, 0.25) is 5.02 Å². The highest BCUT2D eigenvalue weighted by molar-refractivity contribution is 6.31. The molecule has 0 radical (unpaired) electrons. The highest BCUT2D eigenvalue weighted by Gasteiger charge is 2.08. The summed E-state index contributed by atoms with van der Waals surface area (Å²) in [6, 6.07) is 11.9. The predicted octanol–water partition coefficient (Wildman–Crippen LogP) is 3.56. The van der Waals surface area contributed by atoms with Crippen molar-refractivity contribution in [1.82, 2.24) is 4.98 Å². The Morgan fingerprint density at radius 2 is 1.84 bits per heavy atom. The zero-order valence-electron chi connectivity index (χ0n) is 11.1. The molecule has 2 rings (SSSR count). The Bertz CT molecular complexity index is 555. The van der Waals surface area contributed by atoms with Crippen LogP contribution in [-0.4, -0.2) is 17.1 Å². The topological polar surface area (TPSA) is 36.4 Å². The van der Waals surface area contributed by atoms with Gasteiger partial charge in [-0.05, 0) is 36.2 Å². The number of hydrogen-bond acceptors (Lipinski definition) is 3. The molecule has 0 bridgehead atoms. The fraction of sp³-hybridized carbons (Fsp3) is 0.267. The molecule has 1 aromatic carbocycles. The van der Waals surface area contributed by atoms with Crippen LogP contribution in [0.1, 0.15) is 18.2 Å². The Morgan fingerprint density at radius 3 is 2.42 bits per heavy atom. The maximum atomic E-state index is 9.20. The van der Waals surface area contributed by atoms with Gasteiger partial charge in [0.2, 0.25) is 0 Å². The van der Waals surface area contributed by atoms with Gasteiger partial charge in [-0.2, -0.15) is 0 Å². The van der Waals surface area contributed by atoms with Crippen LogP contribution in [0.25, 0.3) is 0 Å². The van der Waals surface area contributed by atoms with Gasteiger partial charge in [-0.15, -0.1) is 0 Å². The molecule has 4 heteroatoms. The molecule has 1 aromatic heterocycles. The lowest BCUT2D eigenvalue weighted by Crippen LogP contribution is -2.12. The molecule has 1 N–H and O–H groups in total. The summed E-state index contributed by atoms with van der Waals surface area (Å²) in [6.07, 6.45) is 1.03. The first-order valence-corrected chi connectivity index (χ1v) is 6.62. The van der Waals surface area contributed by atoms with Gasteiger partial charge in [-0.3, -0.25) is 0 Å². The van der Waals surface area contributed by atoms with Crippen molar-refractivity contribution in [3.63, 3.8) is 0 Å². The van der Waals surface area contributed by atoms with Crippen molar-refractivity contribution < 1.29 is 5.11 Å². The first-order chi connectivity index (χ1) is 9.15. The van der Waals surface area contributed by atoms with Gasteiger partial charge >= 0.3 is 0 Å². The third-order valence-corrected chi connectivity index (χ3v) is 3.47. The minimum atomic E-state index is -0.157. The van der Waals surface area contributed by atoms with Gasteiger partial charge in [0.05, 0.1) is 17.3 Å². The molecule has 0 amide bonds. The van der Waals surface area contributed by atoms with Crippen LogP contribution in [0, 0.1) is 0 Å². The standard InChI is InChI=1S/C15H17ClN2O/c1-3-11-4-6-12(7-5-11)18(2)15-9-8-13(16)14(10-19)17-15/h4-9,19H,3,10H2,1-2H3. The smallest absolute Gasteiger partial charge is 0.133 e. The first-order valence-electron chi connectivity index (χ1n) is 6.24. The van der Waals surface area contributed by atoms with Crippen molar-refractivity contribution in [3.05, 3.63) is 52.7 Å². The average molecular weight is 277 g/mol. The van der Waals surface area contributed by atoms with E-state index in [4.69, 9.17) is 11.6 Å². The molecule has 0 saturated heterocycles. The van der Waals surface area contributed by atoms with E-state index in [1.165, 1.54) is 5.56 Å². The van der Waals surface area contributed by atoms with E-state index in [0.717, 1.165) is 17.9 Å². The second-order valence-electron chi connectivity index (χ2n) is 4.34. The van der Waals surface area contributed by atoms with Crippen LogP contribution in [0.4, 0.5) is 11.5 Å². The molecule has 3 nitrogen and oxygen atoms in total. The van der Waals surface area contributed by atoms with E-state index >= 15 is 0 Å². The van der Waals surface area contributed by atoms with Crippen LogP contribution < -0.4 is 4.90 Å². The average Bonchev–Trinajstić information content (AvgIpc) is 2.47. The largest absolute Gasteiger partial charge is 0.390 e. The molecule has 0 saturated carbocycles. The third-order valence-electron chi connectivity index (χ3n) is 3.13. The Morgan fingerprint density at radius 1 is 1.16 bits per heavy atom. The Labute approximate surface area is 118 Å². The zero-order chi connectivity index (χ0) is 13.8. The number of nitrogens with zero attached hydrogens (tertiary/aromatic N) is 2. The van der Waals surface area contributed by atoms with Gasteiger partial charge < -0.3 is 10.0 Å². The summed E-state index contributed by atoms with van der Waals surface area (Å²) in [5.74, 6) is 0.762. The number of pyridine rings is 1. The number of benzene rings is 1. The summed E-state index contributed by atoms with van der Waals surface area (Å²) < 4.78 is 0. The molecule has 0 aliphatic heterocycles. The Kier molecular flexibility index (Phi) is 4.40. The van der Waals surface area contributed by atoms with E-state index in [-0.39, 0.29) is 6.61 Å². The number of aliphatic hydroxyl groups is 1. The van der Waals surface area contributed by atoms with Gasteiger partial charge in [0, 0.05) is 12.7 Å². The fourth-order valence-corrected chi connectivity index (χ4v) is 2.02. The van der Waals surface area contributed by atoms with Gasteiger partial charge in [0.15, 0.2) is 0 Å². The molecule has 2 aromatic rings. The molecule has 100 valence electrons. The minimum Gasteiger partial charge on any atom is -0.390 e. The number of halogens is 1. The molecule has 0 aliphatic rings. The first kappa shape index (κ1) is 13.8. The lowest BCUT2D eigenvalue weighted by Gasteiger charge is -2.19. The number of hydrogen-bond donors (Lipinski definition) is 1. The maximum absolute atomic E-state index is 9.20. The molecule has 0 aliphatic carbocycles. The summed E-state index contributed by atoms with van der Waals surface area (Å²) in [5, 5.41) is 9.69. The van der Waals surface area contributed by atoms with Gasteiger partial charge in [0.1, 0.15) is 5.82 Å². The van der Waals surface area contributed by atoms with Gasteiger partial charge in [-0.1, -0.05) is 30.7 Å². The summed E-state index contributed by atoms with van der Waals surface area (Å²) >= 11 is 5.95. The molecular formula is C15H17ClN2O. The highest BCUT2D eigenvalue weighted by atomic mass is 35.5. The van der Waals surface area contributed by atoms with Crippen molar-refractivity contribution in [1.29, 1.82) is 0 Å². The molecule has 0 spiro atoms. The molecule has 19 heavy (non-hydrogen) atoms. The zero-order valence-corrected chi connectivity index (χ0v) is 11.9. The van der Waals surface area contributed by atoms with Crippen LogP contribution in [0.3, 0.4) is 0 Å². The minimum absolute atomic E-state index is 0.157. The van der Waals surface area contributed by atoms with Gasteiger partial charge in [-0.25, -0.2) is 4.98 Å². The lowest BCUT2D eigenvalue weighted by molar-refractivity contribution is 0.277. The van der Waals surface area contributed by atoms with Crippen molar-refractivity contribution in [2.45, 2.75) is 20.0 Å². The molecule has 1 heterocycles. The second-order valence-corrected chi connectivity index (χ2v) is 4.74. The van der Waals surface area contributed by atoms with Crippen molar-refractivity contribution >= 4 is 23.1 Å². The summed E-state index contributed by atoms with van der Waals surface area (Å²) in [5.41, 5.74) is 2.85. The second kappa shape index (κ2) is 6.04. The van der Waals surface area contributed by atoms with E-state index in [2.05, 4.69) is 36.2 Å². The van der Waals surface area contributed by atoms with Crippen molar-refractivity contribution in [2.75, 3.05) is 11.9 Å². The molecule has 0 unspecified atom stereocenters. The molecular weight excluding hydrogens is 260 g/mol. The van der Waals surface area contributed by atoms with Crippen LogP contribution in [0.5, 0.6) is 0 Å². The fourth-order valence-electron chi connectivity index (χ4n) is 1.86. The summed E-state index contributed by atoms with van der Waals surface area (Å²) in [4.78, 5) is 6.32. The summed E-state index contributed by atoms with van der Waals surface area (Å²) in [7, 11) is 1.94. The molecule has 0 fully saturated rings. The summed E-state index contributed by atoms with van der Waals surface area (Å²) in [6.45, 7) is 1.97. The Balaban J connectivity index is 2.29. The van der Waals surface area contributed by atoms with Crippen molar-refractivity contribution in [2.24, 2.45) is 0 Å². The normalized spacial score (nSPS) is 10.5. The number of aromatic nitrogens is 1. The van der Waals surface area contributed by atoms with E-state index in [0.29, 0.717) is 10.7 Å². The van der Waals surface area contributed by atoms with E-state index in [1.54, 1.807) is 6.07 Å². The van der Waals surface area contributed by atoms with E-state index in [9.17, 15) is 5.11 Å². The van der Waals surface area contributed by atoms with Gasteiger partial charge in [0.25, 0.3) is 0 Å². The maximum Gasteiger partial charge on any atom is 0.133 e. The van der Waals surface area contributed by atoms with Crippen LogP contribution in [0.15, 0.2) is 36.4 Å². The number of rotatable bonds is 4. The van der Waals surface area contributed by atoms with Crippen LogP contribution in [-0.2, 0) is 13.0 Å². The lowest BCUT2D eigenvalue weighted by atomic mass is 10.1. The number of aryl methyl sites for hydroxylation is 1. The SMILES string of the molecule is CCc1ccc(N(C)c2ccc(Cl)c(CO)n2)cc1.